The number of carbonyl (C=O) groups is 1. The van der Waals surface area contributed by atoms with Gasteiger partial charge in [0.25, 0.3) is 0 Å². The topological polar surface area (TPSA) is 107 Å². The Kier molecular flexibility index (Phi) is 3.57. The van der Waals surface area contributed by atoms with Gasteiger partial charge in [-0.25, -0.2) is 0 Å². The monoisotopic (exact) mass is 314 g/mol. The number of phenolic OH excluding ortho intramolecular Hbond substituents is 4. The van der Waals surface area contributed by atoms with Gasteiger partial charge in [0.1, 0.15) is 28.9 Å². The van der Waals surface area contributed by atoms with E-state index >= 15 is 0 Å². The summed E-state index contributed by atoms with van der Waals surface area (Å²) in [5, 5.41) is 37.9. The van der Waals surface area contributed by atoms with E-state index in [2.05, 4.69) is 0 Å². The SMILES string of the molecule is O=C1CC(/C=C/c2ccc(O)c(O)c2)Oc2cc(O)cc(O)c21. The first kappa shape index (κ1) is 14.8. The minimum Gasteiger partial charge on any atom is -0.508 e. The van der Waals surface area contributed by atoms with Crippen molar-refractivity contribution in [2.24, 2.45) is 0 Å². The fraction of sp³-hybridized carbons (Fsp3) is 0.118. The molecule has 0 saturated carbocycles. The Balaban J connectivity index is 1.84. The highest BCUT2D eigenvalue weighted by Gasteiger charge is 2.28. The van der Waals surface area contributed by atoms with Gasteiger partial charge >= 0.3 is 0 Å². The third-order valence-corrected chi connectivity index (χ3v) is 3.51. The molecular formula is C17H14O6. The zero-order chi connectivity index (χ0) is 16.6. The van der Waals surface area contributed by atoms with Crippen molar-refractivity contribution in [3.63, 3.8) is 0 Å². The normalized spacial score (nSPS) is 17.0. The number of benzene rings is 2. The van der Waals surface area contributed by atoms with Crippen LogP contribution in [-0.2, 0) is 0 Å². The van der Waals surface area contributed by atoms with Crippen LogP contribution in [-0.4, -0.2) is 32.3 Å². The van der Waals surface area contributed by atoms with E-state index in [4.69, 9.17) is 4.74 Å². The van der Waals surface area contributed by atoms with E-state index in [9.17, 15) is 25.2 Å². The Hall–Kier alpha value is -3.15. The van der Waals surface area contributed by atoms with E-state index in [0.717, 1.165) is 6.07 Å². The molecule has 6 nitrogen and oxygen atoms in total. The van der Waals surface area contributed by atoms with Crippen molar-refractivity contribution in [2.45, 2.75) is 12.5 Å². The van der Waals surface area contributed by atoms with Crippen molar-refractivity contribution in [1.82, 2.24) is 0 Å². The van der Waals surface area contributed by atoms with E-state index in [0.29, 0.717) is 5.56 Å². The molecule has 2 aromatic rings. The third kappa shape index (κ3) is 2.91. The number of carbonyl (C=O) groups excluding carboxylic acids is 1. The Bertz CT molecular complexity index is 809. The molecule has 0 saturated heterocycles. The summed E-state index contributed by atoms with van der Waals surface area (Å²) in [7, 11) is 0. The smallest absolute Gasteiger partial charge is 0.174 e. The van der Waals surface area contributed by atoms with Crippen LogP contribution in [0.2, 0.25) is 0 Å². The lowest BCUT2D eigenvalue weighted by atomic mass is 9.99. The molecule has 3 rings (SSSR count). The molecule has 1 heterocycles. The van der Waals surface area contributed by atoms with Crippen molar-refractivity contribution in [2.75, 3.05) is 0 Å². The van der Waals surface area contributed by atoms with Gasteiger partial charge in [0, 0.05) is 12.1 Å². The van der Waals surface area contributed by atoms with Crippen LogP contribution in [0.25, 0.3) is 6.08 Å². The largest absolute Gasteiger partial charge is 0.508 e. The number of ether oxygens (including phenoxy) is 1. The molecule has 1 atom stereocenters. The maximum absolute atomic E-state index is 12.1. The number of ketones is 1. The molecular weight excluding hydrogens is 300 g/mol. The second-order valence-corrected chi connectivity index (χ2v) is 5.23. The average Bonchev–Trinajstić information content (AvgIpc) is 2.47. The first-order valence-electron chi connectivity index (χ1n) is 6.90. The molecule has 0 bridgehead atoms. The van der Waals surface area contributed by atoms with Crippen molar-refractivity contribution in [3.8, 4) is 28.7 Å². The molecule has 1 aliphatic heterocycles. The standard InChI is InChI=1S/C17H14O6/c18-10-6-14(21)17-15(22)8-11(23-16(17)7-10)3-1-9-2-4-12(19)13(20)5-9/h1-7,11,18-21H,8H2/b3-1+. The molecule has 0 spiro atoms. The highest BCUT2D eigenvalue weighted by Crippen LogP contribution is 2.38. The predicted octanol–water partition coefficient (Wildman–Crippen LogP) is 2.56. The summed E-state index contributed by atoms with van der Waals surface area (Å²) in [4.78, 5) is 12.1. The van der Waals surface area contributed by atoms with Crippen LogP contribution < -0.4 is 4.74 Å². The lowest BCUT2D eigenvalue weighted by Crippen LogP contribution is -2.25. The van der Waals surface area contributed by atoms with Crippen LogP contribution in [0.1, 0.15) is 22.3 Å². The molecule has 0 aliphatic carbocycles. The molecule has 4 N–H and O–H groups in total. The number of hydrogen-bond acceptors (Lipinski definition) is 6. The maximum Gasteiger partial charge on any atom is 0.174 e. The summed E-state index contributed by atoms with van der Waals surface area (Å²) in [5.41, 5.74) is 0.690. The van der Waals surface area contributed by atoms with E-state index < -0.39 is 6.10 Å². The number of rotatable bonds is 2. The molecule has 1 unspecified atom stereocenters. The average molecular weight is 314 g/mol. The molecule has 2 aromatic carbocycles. The first-order valence-corrected chi connectivity index (χ1v) is 6.90. The Morgan fingerprint density at radius 3 is 2.52 bits per heavy atom. The van der Waals surface area contributed by atoms with Gasteiger partial charge in [-0.1, -0.05) is 12.1 Å². The van der Waals surface area contributed by atoms with E-state index in [1.54, 1.807) is 18.2 Å². The number of aromatic hydroxyl groups is 4. The molecule has 6 heteroatoms. The van der Waals surface area contributed by atoms with Crippen LogP contribution in [0.3, 0.4) is 0 Å². The molecule has 0 amide bonds. The molecule has 0 radical (unpaired) electrons. The summed E-state index contributed by atoms with van der Waals surface area (Å²) in [6, 6.07) is 6.70. The van der Waals surface area contributed by atoms with Crippen molar-refractivity contribution in [3.05, 3.63) is 47.5 Å². The van der Waals surface area contributed by atoms with Crippen LogP contribution >= 0.6 is 0 Å². The lowest BCUT2D eigenvalue weighted by molar-refractivity contribution is 0.0889. The van der Waals surface area contributed by atoms with Gasteiger partial charge in [0.15, 0.2) is 17.3 Å². The summed E-state index contributed by atoms with van der Waals surface area (Å²) < 4.78 is 5.60. The Labute approximate surface area is 131 Å². The fourth-order valence-electron chi connectivity index (χ4n) is 2.42. The minimum atomic E-state index is -0.563. The highest BCUT2D eigenvalue weighted by atomic mass is 16.5. The van der Waals surface area contributed by atoms with Gasteiger partial charge in [0.2, 0.25) is 0 Å². The van der Waals surface area contributed by atoms with Gasteiger partial charge in [-0.15, -0.1) is 0 Å². The number of phenols is 4. The highest BCUT2D eigenvalue weighted by molar-refractivity contribution is 6.02. The molecule has 23 heavy (non-hydrogen) atoms. The van der Waals surface area contributed by atoms with Gasteiger partial charge < -0.3 is 25.2 Å². The maximum atomic E-state index is 12.1. The number of hydrogen-bond donors (Lipinski definition) is 4. The van der Waals surface area contributed by atoms with E-state index in [1.807, 2.05) is 0 Å². The first-order chi connectivity index (χ1) is 10.9. The minimum absolute atomic E-state index is 0.0475. The number of fused-ring (bicyclic) bond motifs is 1. The summed E-state index contributed by atoms with van der Waals surface area (Å²) in [6.07, 6.45) is 2.76. The fourth-order valence-corrected chi connectivity index (χ4v) is 2.42. The summed E-state index contributed by atoms with van der Waals surface area (Å²) in [5.74, 6) is -1.12. The Morgan fingerprint density at radius 1 is 1.00 bits per heavy atom. The van der Waals surface area contributed by atoms with Crippen molar-refractivity contribution >= 4 is 11.9 Å². The van der Waals surface area contributed by atoms with Crippen molar-refractivity contribution in [1.29, 1.82) is 0 Å². The van der Waals surface area contributed by atoms with E-state index in [-0.39, 0.29) is 46.5 Å². The van der Waals surface area contributed by atoms with Crippen molar-refractivity contribution < 1.29 is 30.0 Å². The Morgan fingerprint density at radius 2 is 1.78 bits per heavy atom. The van der Waals surface area contributed by atoms with Gasteiger partial charge in [-0.05, 0) is 23.8 Å². The van der Waals surface area contributed by atoms with Crippen LogP contribution in [0.5, 0.6) is 28.7 Å². The zero-order valence-corrected chi connectivity index (χ0v) is 11.9. The van der Waals surface area contributed by atoms with Gasteiger partial charge in [-0.2, -0.15) is 0 Å². The zero-order valence-electron chi connectivity index (χ0n) is 11.9. The molecule has 118 valence electrons. The number of Topliss-reactive ketones (excluding diaryl/α,β-unsaturated/α-hetero) is 1. The summed E-state index contributed by atoms with van der Waals surface area (Å²) in [6.45, 7) is 0. The third-order valence-electron chi connectivity index (χ3n) is 3.51. The van der Waals surface area contributed by atoms with Gasteiger partial charge in [0.05, 0.1) is 6.42 Å². The second kappa shape index (κ2) is 5.57. The summed E-state index contributed by atoms with van der Waals surface area (Å²) >= 11 is 0. The molecule has 0 fully saturated rings. The quantitative estimate of drug-likeness (QED) is 0.635. The van der Waals surface area contributed by atoms with Crippen LogP contribution in [0.4, 0.5) is 0 Å². The molecule has 1 aliphatic rings. The van der Waals surface area contributed by atoms with E-state index in [1.165, 1.54) is 18.2 Å². The lowest BCUT2D eigenvalue weighted by Gasteiger charge is -2.23. The van der Waals surface area contributed by atoms with Gasteiger partial charge in [-0.3, -0.25) is 4.79 Å². The van der Waals surface area contributed by atoms with Crippen LogP contribution in [0.15, 0.2) is 36.4 Å². The predicted molar refractivity (Wildman–Crippen MR) is 81.9 cm³/mol. The molecule has 0 aromatic heterocycles. The second-order valence-electron chi connectivity index (χ2n) is 5.23. The van der Waals surface area contributed by atoms with Crippen LogP contribution in [0, 0.1) is 0 Å².